The molecule has 25 heavy (non-hydrogen) atoms. The van der Waals surface area contributed by atoms with E-state index in [1.807, 2.05) is 6.20 Å². The fourth-order valence-corrected chi connectivity index (χ4v) is 4.39. The van der Waals surface area contributed by atoms with Gasteiger partial charge in [-0.25, -0.2) is 0 Å². The van der Waals surface area contributed by atoms with Crippen LogP contribution in [0.1, 0.15) is 31.9 Å². The molecule has 0 amide bonds. The highest BCUT2D eigenvalue weighted by atomic mass is 15.4. The highest BCUT2D eigenvalue weighted by Crippen LogP contribution is 2.30. The van der Waals surface area contributed by atoms with Crippen LogP contribution in [0.5, 0.6) is 0 Å². The molecule has 5 nitrogen and oxygen atoms in total. The van der Waals surface area contributed by atoms with E-state index >= 15 is 0 Å². The van der Waals surface area contributed by atoms with E-state index < -0.39 is 0 Å². The molecule has 0 saturated carbocycles. The van der Waals surface area contributed by atoms with Crippen molar-refractivity contribution in [3.8, 4) is 0 Å². The van der Waals surface area contributed by atoms with E-state index in [-0.39, 0.29) is 0 Å². The molecule has 3 rings (SSSR count). The number of likely N-dealkylation sites (tertiary alicyclic amines) is 1. The lowest BCUT2D eigenvalue weighted by Gasteiger charge is -2.40. The second-order valence-corrected chi connectivity index (χ2v) is 7.56. The molecule has 1 fully saturated rings. The maximum atomic E-state index is 4.63. The monoisotopic (exact) mass is 343 g/mol. The molecule has 1 aromatic heterocycles. The highest BCUT2D eigenvalue weighted by Gasteiger charge is 2.34. The molecule has 0 radical (unpaired) electrons. The summed E-state index contributed by atoms with van der Waals surface area (Å²) in [5.41, 5.74) is 2.60. The molecule has 3 heterocycles. The number of hydrogen-bond donors (Lipinski definition) is 0. The molecular formula is C20H33N5. The minimum Gasteiger partial charge on any atom is -0.368 e. The van der Waals surface area contributed by atoms with Gasteiger partial charge in [-0.2, -0.15) is 5.10 Å². The van der Waals surface area contributed by atoms with Crippen molar-refractivity contribution >= 4 is 5.69 Å². The van der Waals surface area contributed by atoms with Crippen LogP contribution in [0.4, 0.5) is 5.69 Å². The Bertz CT molecular complexity index is 607. The lowest BCUT2D eigenvalue weighted by atomic mass is 10.0. The fraction of sp³-hybridized carbons (Fsp3) is 0.650. The molecule has 0 bridgehead atoms. The summed E-state index contributed by atoms with van der Waals surface area (Å²) in [6.45, 7) is 14.6. The summed E-state index contributed by atoms with van der Waals surface area (Å²) in [4.78, 5) is 7.41. The molecule has 1 saturated heterocycles. The summed E-state index contributed by atoms with van der Waals surface area (Å²) in [7, 11) is 4.40. The SMILES string of the molecule is C=CCC(C(C)N(C)c1cnn2c1CN(C)CC2)N1CCCC1C=C. The van der Waals surface area contributed by atoms with Crippen molar-refractivity contribution in [2.24, 2.45) is 0 Å². The zero-order valence-corrected chi connectivity index (χ0v) is 16.1. The first-order valence-electron chi connectivity index (χ1n) is 9.52. The Kier molecular flexibility index (Phi) is 5.64. The smallest absolute Gasteiger partial charge is 0.0799 e. The van der Waals surface area contributed by atoms with Gasteiger partial charge in [-0.1, -0.05) is 12.2 Å². The summed E-state index contributed by atoms with van der Waals surface area (Å²) in [6, 6.07) is 1.33. The van der Waals surface area contributed by atoms with Crippen LogP contribution in [0.25, 0.3) is 0 Å². The highest BCUT2D eigenvalue weighted by molar-refractivity contribution is 5.50. The van der Waals surface area contributed by atoms with Gasteiger partial charge in [0.2, 0.25) is 0 Å². The van der Waals surface area contributed by atoms with E-state index in [1.54, 1.807) is 0 Å². The van der Waals surface area contributed by atoms with Crippen LogP contribution >= 0.6 is 0 Å². The Hall–Kier alpha value is -1.59. The van der Waals surface area contributed by atoms with Crippen LogP contribution in [-0.4, -0.2) is 64.9 Å². The summed E-state index contributed by atoms with van der Waals surface area (Å²) in [6.07, 6.45) is 9.71. The van der Waals surface area contributed by atoms with E-state index in [1.165, 1.54) is 24.2 Å². The van der Waals surface area contributed by atoms with Gasteiger partial charge in [-0.3, -0.25) is 14.5 Å². The number of anilines is 1. The minimum atomic E-state index is 0.389. The Morgan fingerprint density at radius 1 is 1.36 bits per heavy atom. The van der Waals surface area contributed by atoms with Crippen molar-refractivity contribution in [3.05, 3.63) is 37.2 Å². The standard InChI is InChI=1S/C20H33N5/c1-6-9-18(24-11-8-10-17(24)7-2)16(3)23(5)19-14-21-25-13-12-22(4)15-20(19)25/h6-7,14,16-18H,1-2,8-13,15H2,3-5H3. The molecular weight excluding hydrogens is 310 g/mol. The number of fused-ring (bicyclic) bond motifs is 1. The summed E-state index contributed by atoms with van der Waals surface area (Å²) in [5.74, 6) is 0. The Balaban J connectivity index is 1.82. The molecule has 0 spiro atoms. The van der Waals surface area contributed by atoms with Crippen LogP contribution in [0.15, 0.2) is 31.5 Å². The molecule has 1 aromatic rings. The molecule has 0 aromatic carbocycles. The van der Waals surface area contributed by atoms with Crippen molar-refractivity contribution < 1.29 is 0 Å². The minimum absolute atomic E-state index is 0.389. The quantitative estimate of drug-likeness (QED) is 0.712. The van der Waals surface area contributed by atoms with Gasteiger partial charge in [0, 0.05) is 38.3 Å². The van der Waals surface area contributed by atoms with Crippen molar-refractivity contribution in [2.75, 3.05) is 32.1 Å². The maximum Gasteiger partial charge on any atom is 0.0799 e. The average molecular weight is 344 g/mol. The molecule has 3 unspecified atom stereocenters. The molecule has 5 heteroatoms. The summed E-state index contributed by atoms with van der Waals surface area (Å²) in [5, 5.41) is 4.63. The lowest BCUT2D eigenvalue weighted by Crippen LogP contribution is -2.50. The van der Waals surface area contributed by atoms with Gasteiger partial charge in [-0.15, -0.1) is 13.2 Å². The van der Waals surface area contributed by atoms with Gasteiger partial charge in [0.05, 0.1) is 24.1 Å². The summed E-state index contributed by atoms with van der Waals surface area (Å²) >= 11 is 0. The van der Waals surface area contributed by atoms with E-state index in [0.717, 1.165) is 32.6 Å². The third kappa shape index (κ3) is 3.53. The van der Waals surface area contributed by atoms with Gasteiger partial charge in [0.1, 0.15) is 0 Å². The Morgan fingerprint density at radius 3 is 2.88 bits per heavy atom. The average Bonchev–Trinajstić information content (AvgIpc) is 3.24. The molecule has 2 aliphatic rings. The molecule has 2 aliphatic heterocycles. The van der Waals surface area contributed by atoms with Gasteiger partial charge < -0.3 is 4.90 Å². The molecule has 0 N–H and O–H groups in total. The van der Waals surface area contributed by atoms with Crippen LogP contribution in [-0.2, 0) is 13.1 Å². The van der Waals surface area contributed by atoms with Crippen LogP contribution in [0.3, 0.4) is 0 Å². The normalized spacial score (nSPS) is 23.9. The molecule has 138 valence electrons. The number of likely N-dealkylation sites (N-methyl/N-ethyl adjacent to an activating group) is 2. The second kappa shape index (κ2) is 7.75. The van der Waals surface area contributed by atoms with Gasteiger partial charge in [0.25, 0.3) is 0 Å². The third-order valence-electron chi connectivity index (χ3n) is 6.04. The van der Waals surface area contributed by atoms with E-state index in [4.69, 9.17) is 0 Å². The van der Waals surface area contributed by atoms with Gasteiger partial charge in [0.15, 0.2) is 0 Å². The number of rotatable bonds is 7. The van der Waals surface area contributed by atoms with Crippen molar-refractivity contribution in [1.29, 1.82) is 0 Å². The van der Waals surface area contributed by atoms with Crippen molar-refractivity contribution in [2.45, 2.75) is 57.4 Å². The zero-order chi connectivity index (χ0) is 18.0. The van der Waals surface area contributed by atoms with Crippen molar-refractivity contribution in [1.82, 2.24) is 19.6 Å². The van der Waals surface area contributed by atoms with Crippen molar-refractivity contribution in [3.63, 3.8) is 0 Å². The number of hydrogen-bond acceptors (Lipinski definition) is 4. The van der Waals surface area contributed by atoms with E-state index in [0.29, 0.717) is 18.1 Å². The predicted molar refractivity (Wildman–Crippen MR) is 105 cm³/mol. The molecule has 0 aliphatic carbocycles. The Morgan fingerprint density at radius 2 is 2.16 bits per heavy atom. The second-order valence-electron chi connectivity index (χ2n) is 7.56. The lowest BCUT2D eigenvalue weighted by molar-refractivity contribution is 0.182. The van der Waals surface area contributed by atoms with Crippen LogP contribution in [0, 0.1) is 0 Å². The first-order valence-corrected chi connectivity index (χ1v) is 9.52. The number of aromatic nitrogens is 2. The Labute approximate surface area is 152 Å². The van der Waals surface area contributed by atoms with Gasteiger partial charge >= 0.3 is 0 Å². The predicted octanol–water partition coefficient (Wildman–Crippen LogP) is 2.75. The third-order valence-corrected chi connectivity index (χ3v) is 6.04. The topological polar surface area (TPSA) is 27.5 Å². The van der Waals surface area contributed by atoms with E-state index in [2.05, 4.69) is 70.8 Å². The molecule has 3 atom stereocenters. The number of nitrogens with zero attached hydrogens (tertiary/aromatic N) is 5. The first kappa shape index (κ1) is 18.2. The first-order chi connectivity index (χ1) is 12.1. The maximum absolute atomic E-state index is 4.63. The summed E-state index contributed by atoms with van der Waals surface area (Å²) < 4.78 is 2.17. The van der Waals surface area contributed by atoms with Gasteiger partial charge in [-0.05, 0) is 39.8 Å². The zero-order valence-electron chi connectivity index (χ0n) is 16.1. The van der Waals surface area contributed by atoms with Crippen LogP contribution in [0.2, 0.25) is 0 Å². The van der Waals surface area contributed by atoms with Crippen LogP contribution < -0.4 is 4.90 Å². The fourth-order valence-electron chi connectivity index (χ4n) is 4.39. The largest absolute Gasteiger partial charge is 0.368 e. The van der Waals surface area contributed by atoms with E-state index in [9.17, 15) is 0 Å².